The number of phosphoric ester groups is 1. The minimum absolute atomic E-state index is 0.134. The highest BCUT2D eigenvalue weighted by Gasteiger charge is 2.28. The zero-order valence-electron chi connectivity index (χ0n) is 45.6. The highest BCUT2D eigenvalue weighted by molar-refractivity contribution is 7.47. The molecule has 0 aliphatic rings. The Bertz CT molecular complexity index is 1530. The van der Waals surface area contributed by atoms with Gasteiger partial charge in [0.15, 0.2) is 6.10 Å². The average Bonchev–Trinajstić information content (AvgIpc) is 3.37. The van der Waals surface area contributed by atoms with Gasteiger partial charge in [0.1, 0.15) is 12.7 Å². The van der Waals surface area contributed by atoms with E-state index in [0.29, 0.717) is 19.3 Å². The van der Waals surface area contributed by atoms with Crippen LogP contribution in [0.2, 0.25) is 0 Å². The van der Waals surface area contributed by atoms with Gasteiger partial charge in [-0.2, -0.15) is 0 Å². The maximum absolute atomic E-state index is 12.9. The van der Waals surface area contributed by atoms with E-state index < -0.39 is 57.8 Å². The lowest BCUT2D eigenvalue weighted by Crippen LogP contribution is -2.30. The number of aliphatic hydroxyl groups is 1. The molecule has 0 saturated carbocycles. The molecule has 0 radical (unpaired) electrons. The van der Waals surface area contributed by atoms with Gasteiger partial charge in [0, 0.05) is 19.3 Å². The summed E-state index contributed by atoms with van der Waals surface area (Å²) in [6.45, 7) is 4.43. The lowest BCUT2D eigenvalue weighted by molar-refractivity contribution is -0.161. The molecule has 72 heavy (non-hydrogen) atoms. The van der Waals surface area contributed by atoms with E-state index in [9.17, 15) is 28.9 Å². The van der Waals surface area contributed by atoms with E-state index in [2.05, 4.69) is 106 Å². The van der Waals surface area contributed by atoms with Crippen molar-refractivity contribution in [1.29, 1.82) is 0 Å². The third-order valence-electron chi connectivity index (χ3n) is 11.8. The molecule has 0 heterocycles. The summed E-state index contributed by atoms with van der Waals surface area (Å²) in [6.07, 6.45) is 61.1. The van der Waals surface area contributed by atoms with Gasteiger partial charge in [-0.25, -0.2) is 4.57 Å². The van der Waals surface area contributed by atoms with Crippen molar-refractivity contribution in [2.24, 2.45) is 0 Å². The summed E-state index contributed by atoms with van der Waals surface area (Å²) in [4.78, 5) is 48.5. The minimum Gasteiger partial charge on any atom is -0.462 e. The molecule has 0 spiro atoms. The minimum atomic E-state index is -4.76. The molecule has 0 rings (SSSR count). The van der Waals surface area contributed by atoms with Gasteiger partial charge in [-0.1, -0.05) is 189 Å². The van der Waals surface area contributed by atoms with Gasteiger partial charge in [-0.05, 0) is 116 Å². The molecule has 0 aromatic carbocycles. The summed E-state index contributed by atoms with van der Waals surface area (Å²) in [5.74, 6) is -1.52. The molecule has 0 aliphatic heterocycles. The first-order valence-electron chi connectivity index (χ1n) is 28.5. The molecule has 0 aromatic heterocycles. The number of carbonyl (C=O) groups is 3. The van der Waals surface area contributed by atoms with Gasteiger partial charge >= 0.3 is 25.7 Å². The third kappa shape index (κ3) is 51.6. The van der Waals surface area contributed by atoms with Crippen LogP contribution in [0.5, 0.6) is 0 Å². The van der Waals surface area contributed by atoms with Crippen molar-refractivity contribution in [2.75, 3.05) is 26.4 Å². The van der Waals surface area contributed by atoms with Crippen LogP contribution >= 0.6 is 7.82 Å². The lowest BCUT2D eigenvalue weighted by Gasteiger charge is -2.21. The highest BCUT2D eigenvalue weighted by Crippen LogP contribution is 2.43. The normalized spacial score (nSPS) is 14.0. The third-order valence-corrected chi connectivity index (χ3v) is 12.7. The molecule has 414 valence electrons. The first kappa shape index (κ1) is 68.7. The number of esters is 3. The zero-order chi connectivity index (χ0) is 52.7. The summed E-state index contributed by atoms with van der Waals surface area (Å²) in [5.41, 5.74) is 0. The van der Waals surface area contributed by atoms with E-state index in [1.165, 1.54) is 44.9 Å². The Morgan fingerprint density at radius 2 is 0.722 bits per heavy atom. The average molecular weight is 1030 g/mol. The Labute approximate surface area is 439 Å². The molecule has 0 bridgehead atoms. The molecule has 3 atom stereocenters. The molecule has 0 amide bonds. The Morgan fingerprint density at radius 1 is 0.403 bits per heavy atom. The van der Waals surface area contributed by atoms with Crippen LogP contribution in [0.25, 0.3) is 0 Å². The molecular formula is C60H103O11P. The van der Waals surface area contributed by atoms with E-state index in [4.69, 9.17) is 23.3 Å². The summed E-state index contributed by atoms with van der Waals surface area (Å²) in [6, 6.07) is 0. The monoisotopic (exact) mass is 1030 g/mol. The Balaban J connectivity index is 4.78. The fourth-order valence-corrected chi connectivity index (χ4v) is 8.21. The second-order valence-electron chi connectivity index (χ2n) is 18.7. The standard InChI is InChI=1S/C60H103O11P/c1-4-7-10-13-16-19-22-25-27-28-30-33-36-39-42-45-48-51-60(64)71-57(53-67-58(62)49-46-43-40-37-34-31-24-21-18-15-12-9-6-3)55-69-72(65,66)68-54-56(52-61)70-59(63)50-47-44-41-38-35-32-29-26-23-20-17-14-11-8-5-2/h7,10,16-17,19-21,24-27,29-30,33,56-57,61H,4-6,8-9,11-15,18,22-23,28,31-32,34-55H2,1-3H3,(H,65,66)/b10-7-,19-16-,20-17-,24-21-,27-25-,29-26-,33-30-. The quantitative estimate of drug-likeness (QED) is 0.0197. The van der Waals surface area contributed by atoms with Crippen LogP contribution in [0.3, 0.4) is 0 Å². The first-order valence-corrected chi connectivity index (χ1v) is 30.0. The van der Waals surface area contributed by atoms with Crippen LogP contribution in [0, 0.1) is 0 Å². The number of hydrogen-bond donors (Lipinski definition) is 2. The van der Waals surface area contributed by atoms with Gasteiger partial charge in [0.25, 0.3) is 0 Å². The van der Waals surface area contributed by atoms with Crippen molar-refractivity contribution < 1.29 is 52.2 Å². The second kappa shape index (κ2) is 53.9. The fraction of sp³-hybridized carbons (Fsp3) is 0.717. The summed E-state index contributed by atoms with van der Waals surface area (Å²) in [7, 11) is -4.76. The van der Waals surface area contributed by atoms with E-state index in [1.54, 1.807) is 0 Å². The number of unbranched alkanes of at least 4 members (excludes halogenated alkanes) is 21. The van der Waals surface area contributed by atoms with E-state index in [0.717, 1.165) is 135 Å². The zero-order valence-corrected chi connectivity index (χ0v) is 46.5. The van der Waals surface area contributed by atoms with Gasteiger partial charge in [-0.15, -0.1) is 0 Å². The molecule has 0 aromatic rings. The smallest absolute Gasteiger partial charge is 0.462 e. The van der Waals surface area contributed by atoms with Gasteiger partial charge in [0.2, 0.25) is 0 Å². The second-order valence-corrected chi connectivity index (χ2v) is 20.2. The van der Waals surface area contributed by atoms with Crippen molar-refractivity contribution in [3.05, 3.63) is 85.1 Å². The van der Waals surface area contributed by atoms with E-state index >= 15 is 0 Å². The molecular weight excluding hydrogens is 928 g/mol. The van der Waals surface area contributed by atoms with Crippen LogP contribution in [0.1, 0.15) is 239 Å². The van der Waals surface area contributed by atoms with Crippen molar-refractivity contribution in [3.63, 3.8) is 0 Å². The lowest BCUT2D eigenvalue weighted by atomic mass is 10.1. The number of hydrogen-bond acceptors (Lipinski definition) is 10. The van der Waals surface area contributed by atoms with Gasteiger partial charge in [0.05, 0.1) is 19.8 Å². The topological polar surface area (TPSA) is 155 Å². The predicted octanol–water partition coefficient (Wildman–Crippen LogP) is 16.7. The summed E-state index contributed by atoms with van der Waals surface area (Å²) >= 11 is 0. The number of ether oxygens (including phenoxy) is 3. The molecule has 0 saturated heterocycles. The maximum Gasteiger partial charge on any atom is 0.472 e. The van der Waals surface area contributed by atoms with Crippen LogP contribution < -0.4 is 0 Å². The largest absolute Gasteiger partial charge is 0.472 e. The molecule has 0 fully saturated rings. The van der Waals surface area contributed by atoms with Crippen molar-refractivity contribution in [2.45, 2.75) is 251 Å². The van der Waals surface area contributed by atoms with E-state index in [-0.39, 0.29) is 25.9 Å². The molecule has 0 aliphatic carbocycles. The van der Waals surface area contributed by atoms with Gasteiger partial charge in [-0.3, -0.25) is 23.4 Å². The van der Waals surface area contributed by atoms with Crippen LogP contribution in [-0.2, 0) is 42.2 Å². The van der Waals surface area contributed by atoms with Crippen molar-refractivity contribution in [1.82, 2.24) is 0 Å². The van der Waals surface area contributed by atoms with Crippen molar-refractivity contribution >= 4 is 25.7 Å². The van der Waals surface area contributed by atoms with Crippen molar-refractivity contribution in [3.8, 4) is 0 Å². The van der Waals surface area contributed by atoms with Crippen LogP contribution in [0.15, 0.2) is 85.1 Å². The summed E-state index contributed by atoms with van der Waals surface area (Å²) in [5, 5.41) is 9.81. The molecule has 2 N–H and O–H groups in total. The molecule has 11 nitrogen and oxygen atoms in total. The Kier molecular flexibility index (Phi) is 51.4. The number of carbonyl (C=O) groups excluding carboxylic acids is 3. The first-order chi connectivity index (χ1) is 35.2. The van der Waals surface area contributed by atoms with E-state index in [1.807, 2.05) is 0 Å². The molecule has 3 unspecified atom stereocenters. The highest BCUT2D eigenvalue weighted by atomic mass is 31.2. The molecule has 12 heteroatoms. The number of allylic oxidation sites excluding steroid dienone is 14. The fourth-order valence-electron chi connectivity index (χ4n) is 7.43. The van der Waals surface area contributed by atoms with Crippen LogP contribution in [0.4, 0.5) is 0 Å². The van der Waals surface area contributed by atoms with Crippen LogP contribution in [-0.4, -0.2) is 66.5 Å². The number of aliphatic hydroxyl groups excluding tert-OH is 1. The Morgan fingerprint density at radius 3 is 1.15 bits per heavy atom. The van der Waals surface area contributed by atoms with Gasteiger partial charge < -0.3 is 24.2 Å². The Hall–Kier alpha value is -3.34. The summed E-state index contributed by atoms with van der Waals surface area (Å²) < 4.78 is 39.5. The maximum atomic E-state index is 12.9. The number of rotatable bonds is 52. The predicted molar refractivity (Wildman–Crippen MR) is 298 cm³/mol. The SMILES string of the molecule is CC/C=C\C/C=C\C/C=C\C/C=C\CCCCCCC(=O)OC(COC(=O)CCCCCCC/C=C\CCCCCC)COP(=O)(O)OCC(CO)OC(=O)CCCCCCC/C=C\C/C=C\CCCCC. The number of phosphoric acid groups is 1.